The van der Waals surface area contributed by atoms with Gasteiger partial charge in [0.25, 0.3) is 0 Å². The fourth-order valence-electron chi connectivity index (χ4n) is 5.10. The van der Waals surface area contributed by atoms with Gasteiger partial charge in [-0.05, 0) is 18.2 Å². The second-order valence-corrected chi connectivity index (χ2v) is 10.4. The molecule has 0 radical (unpaired) electrons. The first-order valence-corrected chi connectivity index (χ1v) is 13.5. The van der Waals surface area contributed by atoms with Crippen LogP contribution in [-0.2, 0) is 14.2 Å². The van der Waals surface area contributed by atoms with Gasteiger partial charge in [0, 0.05) is 17.7 Å². The van der Waals surface area contributed by atoms with Crippen molar-refractivity contribution in [2.24, 2.45) is 0 Å². The zero-order valence-electron chi connectivity index (χ0n) is 23.4. The number of benzene rings is 2. The maximum absolute atomic E-state index is 13.8. The molecule has 17 heteroatoms. The van der Waals surface area contributed by atoms with Crippen LogP contribution in [0.1, 0.15) is 0 Å². The SMILES string of the molecule is COc1cc(O)c2c(=O)c(O[C@@H]3O[C@@H](CO)[C@@H](O)[C@H](O[C@@H]4O[C@H](CO)[C@@H](O)[C@H](O)[C@@H]4O)[C@H]3O)c(-c3ccc(O)c(O)c3)oc2c1. The van der Waals surface area contributed by atoms with Crippen LogP contribution in [0.5, 0.6) is 28.7 Å². The van der Waals surface area contributed by atoms with Crippen LogP contribution in [0.2, 0.25) is 0 Å². The number of hydrogen-bond donors (Lipinski definition) is 10. The van der Waals surface area contributed by atoms with Gasteiger partial charge in [-0.2, -0.15) is 0 Å². The van der Waals surface area contributed by atoms with Gasteiger partial charge in [-0.3, -0.25) is 4.79 Å². The van der Waals surface area contributed by atoms with Crippen LogP contribution in [0.3, 0.4) is 0 Å². The summed E-state index contributed by atoms with van der Waals surface area (Å²) >= 11 is 0. The zero-order chi connectivity index (χ0) is 32.7. The number of aliphatic hydroxyl groups excluding tert-OH is 7. The molecule has 0 aliphatic carbocycles. The quantitative estimate of drug-likeness (QED) is 0.115. The number of methoxy groups -OCH3 is 1. The summed E-state index contributed by atoms with van der Waals surface area (Å²) < 4.78 is 33.2. The Morgan fingerprint density at radius 3 is 2.07 bits per heavy atom. The van der Waals surface area contributed by atoms with Crippen LogP contribution in [0.4, 0.5) is 0 Å². The van der Waals surface area contributed by atoms with Gasteiger partial charge in [0.2, 0.25) is 17.5 Å². The minimum absolute atomic E-state index is 0.0141. The van der Waals surface area contributed by atoms with Crippen molar-refractivity contribution < 1.29 is 79.2 Å². The summed E-state index contributed by atoms with van der Waals surface area (Å²) in [6, 6.07) is 5.81. The summed E-state index contributed by atoms with van der Waals surface area (Å²) in [4.78, 5) is 13.8. The number of aromatic hydroxyl groups is 3. The van der Waals surface area contributed by atoms with E-state index in [4.69, 9.17) is 28.1 Å². The predicted molar refractivity (Wildman–Crippen MR) is 146 cm³/mol. The van der Waals surface area contributed by atoms with E-state index in [0.29, 0.717) is 0 Å². The van der Waals surface area contributed by atoms with Crippen molar-refractivity contribution in [2.45, 2.75) is 61.4 Å². The first kappa shape index (κ1) is 32.6. The average Bonchev–Trinajstić information content (AvgIpc) is 3.02. The fourth-order valence-corrected chi connectivity index (χ4v) is 5.10. The van der Waals surface area contributed by atoms with Crippen LogP contribution in [-0.4, -0.2) is 133 Å². The Bertz CT molecular complexity index is 1570. The highest BCUT2D eigenvalue weighted by molar-refractivity contribution is 5.88. The number of hydrogen-bond acceptors (Lipinski definition) is 17. The standard InChI is InChI=1S/C28H32O17/c1-40-10-5-13(33)17-14(6-10)41-24(9-2-3-11(31)12(32)4-9)26(20(17)36)45-28-23(39)25(19(35)16(8-30)43-28)44-27-22(38)21(37)18(34)15(7-29)42-27/h2-6,15-16,18-19,21-23,25,27-35,37-39H,7-8H2,1H3/t15-,16+,18-,19-,21+,22+,23-,25+,27+,28+/m1/s1. The van der Waals surface area contributed by atoms with Gasteiger partial charge >= 0.3 is 0 Å². The van der Waals surface area contributed by atoms with Crippen molar-refractivity contribution in [2.75, 3.05) is 20.3 Å². The van der Waals surface area contributed by atoms with Crippen molar-refractivity contribution in [1.29, 1.82) is 0 Å². The van der Waals surface area contributed by atoms with Crippen molar-refractivity contribution in [3.8, 4) is 40.1 Å². The lowest BCUT2D eigenvalue weighted by Gasteiger charge is -2.45. The third kappa shape index (κ3) is 5.98. The van der Waals surface area contributed by atoms with Crippen molar-refractivity contribution in [1.82, 2.24) is 0 Å². The van der Waals surface area contributed by atoms with E-state index in [1.807, 2.05) is 0 Å². The molecular formula is C28H32O17. The number of phenolic OH excluding ortho intramolecular Hbond substituents is 3. The van der Waals surface area contributed by atoms with Gasteiger partial charge in [-0.15, -0.1) is 0 Å². The summed E-state index contributed by atoms with van der Waals surface area (Å²) in [5.74, 6) is -2.60. The largest absolute Gasteiger partial charge is 0.507 e. The molecule has 45 heavy (non-hydrogen) atoms. The highest BCUT2D eigenvalue weighted by Crippen LogP contribution is 2.40. The second kappa shape index (κ2) is 12.9. The van der Waals surface area contributed by atoms with Crippen LogP contribution in [0.15, 0.2) is 39.5 Å². The van der Waals surface area contributed by atoms with E-state index in [0.717, 1.165) is 18.2 Å². The molecule has 0 unspecified atom stereocenters. The number of aliphatic hydroxyl groups is 7. The number of fused-ring (bicyclic) bond motifs is 1. The highest BCUT2D eigenvalue weighted by Gasteiger charge is 2.51. The van der Waals surface area contributed by atoms with Gasteiger partial charge in [0.15, 0.2) is 23.5 Å². The van der Waals surface area contributed by atoms with E-state index in [1.165, 1.54) is 19.2 Å². The zero-order valence-corrected chi connectivity index (χ0v) is 23.4. The van der Waals surface area contributed by atoms with E-state index in [9.17, 15) is 55.9 Å². The first-order valence-electron chi connectivity index (χ1n) is 13.5. The smallest absolute Gasteiger partial charge is 0.239 e. The monoisotopic (exact) mass is 640 g/mol. The molecule has 2 fully saturated rings. The van der Waals surface area contributed by atoms with Crippen molar-refractivity contribution in [3.05, 3.63) is 40.6 Å². The molecule has 10 N–H and O–H groups in total. The molecule has 0 saturated carbocycles. The van der Waals surface area contributed by atoms with Gasteiger partial charge < -0.3 is 79.2 Å². The molecule has 246 valence electrons. The third-order valence-electron chi connectivity index (χ3n) is 7.58. The van der Waals surface area contributed by atoms with Crippen LogP contribution >= 0.6 is 0 Å². The molecule has 5 rings (SSSR count). The molecule has 1 aromatic heterocycles. The molecule has 0 bridgehead atoms. The van der Waals surface area contributed by atoms with Gasteiger partial charge in [-0.1, -0.05) is 0 Å². The molecule has 0 spiro atoms. The predicted octanol–water partition coefficient (Wildman–Crippen LogP) is -2.41. The van der Waals surface area contributed by atoms with Crippen molar-refractivity contribution in [3.63, 3.8) is 0 Å². The molecule has 3 heterocycles. The first-order chi connectivity index (χ1) is 21.4. The molecule has 2 aliphatic heterocycles. The Morgan fingerprint density at radius 2 is 1.42 bits per heavy atom. The fraction of sp³-hybridized carbons (Fsp3) is 0.464. The summed E-state index contributed by atoms with van der Waals surface area (Å²) in [6.07, 6.45) is -17.8. The highest BCUT2D eigenvalue weighted by atomic mass is 16.7. The van der Waals surface area contributed by atoms with E-state index < -0.39 is 103 Å². The maximum atomic E-state index is 13.8. The Kier molecular flexibility index (Phi) is 9.38. The van der Waals surface area contributed by atoms with Crippen LogP contribution in [0.25, 0.3) is 22.3 Å². The van der Waals surface area contributed by atoms with Gasteiger partial charge in [0.05, 0.1) is 20.3 Å². The molecule has 0 amide bonds. The van der Waals surface area contributed by atoms with E-state index in [1.54, 1.807) is 0 Å². The van der Waals surface area contributed by atoms with Crippen LogP contribution in [0, 0.1) is 0 Å². The molecule has 2 saturated heterocycles. The molecule has 3 aromatic rings. The van der Waals surface area contributed by atoms with Gasteiger partial charge in [0.1, 0.15) is 71.3 Å². The van der Waals surface area contributed by atoms with Crippen LogP contribution < -0.4 is 14.9 Å². The topological polar surface area (TPSA) is 279 Å². The summed E-state index contributed by atoms with van der Waals surface area (Å²) in [7, 11) is 1.31. The second-order valence-electron chi connectivity index (χ2n) is 10.4. The Morgan fingerprint density at radius 1 is 0.756 bits per heavy atom. The molecule has 2 aliphatic rings. The molecule has 2 aromatic carbocycles. The lowest BCUT2D eigenvalue weighted by molar-refractivity contribution is -0.352. The normalized spacial score (nSPS) is 32.0. The molecule has 10 atom stereocenters. The van der Waals surface area contributed by atoms with Gasteiger partial charge in [-0.25, -0.2) is 0 Å². The van der Waals surface area contributed by atoms with E-state index >= 15 is 0 Å². The number of phenols is 3. The summed E-state index contributed by atoms with van der Waals surface area (Å²) in [6.45, 7) is -1.66. The summed E-state index contributed by atoms with van der Waals surface area (Å²) in [5.41, 5.74) is -1.18. The number of ether oxygens (including phenoxy) is 5. The minimum Gasteiger partial charge on any atom is -0.507 e. The average molecular weight is 641 g/mol. The Balaban J connectivity index is 1.56. The Hall–Kier alpha value is -3.75. The molecular weight excluding hydrogens is 608 g/mol. The minimum atomic E-state index is -2.02. The maximum Gasteiger partial charge on any atom is 0.239 e. The van der Waals surface area contributed by atoms with Crippen molar-refractivity contribution >= 4 is 11.0 Å². The third-order valence-corrected chi connectivity index (χ3v) is 7.58. The molecule has 17 nitrogen and oxygen atoms in total. The number of rotatable bonds is 8. The van der Waals surface area contributed by atoms with E-state index in [-0.39, 0.29) is 28.0 Å². The lowest BCUT2D eigenvalue weighted by atomic mass is 9.97. The summed E-state index contributed by atoms with van der Waals surface area (Å²) in [5, 5.41) is 102. The lowest BCUT2D eigenvalue weighted by Crippen LogP contribution is -2.65. The van der Waals surface area contributed by atoms with E-state index in [2.05, 4.69) is 0 Å². The Labute approximate surface area is 252 Å².